The van der Waals surface area contributed by atoms with Crippen LogP contribution in [0.4, 0.5) is 11.4 Å². The molecule has 0 spiro atoms. The molecule has 1 aromatic heterocycles. The van der Waals surface area contributed by atoms with Gasteiger partial charge in [0.2, 0.25) is 5.91 Å². The number of nitro groups is 1. The highest BCUT2D eigenvalue weighted by Crippen LogP contribution is 2.21. The number of nitrogens with one attached hydrogen (secondary N) is 1. The Bertz CT molecular complexity index is 1260. The largest absolute Gasteiger partial charge is 0.368 e. The summed E-state index contributed by atoms with van der Waals surface area (Å²) in [7, 11) is 0. The molecule has 10 nitrogen and oxygen atoms in total. The number of para-hydroxylation sites is 1. The first-order valence-corrected chi connectivity index (χ1v) is 10.4. The van der Waals surface area contributed by atoms with Crippen molar-refractivity contribution in [1.82, 2.24) is 14.5 Å². The first-order chi connectivity index (χ1) is 15.4. The predicted molar refractivity (Wildman–Crippen MR) is 120 cm³/mol. The van der Waals surface area contributed by atoms with E-state index in [1.807, 2.05) is 0 Å². The summed E-state index contributed by atoms with van der Waals surface area (Å²) in [5, 5.41) is 11.2. The minimum Gasteiger partial charge on any atom is -0.368 e. The molecule has 1 aliphatic rings. The van der Waals surface area contributed by atoms with E-state index >= 15 is 0 Å². The minimum atomic E-state index is -0.474. The van der Waals surface area contributed by atoms with Crippen LogP contribution < -0.4 is 16.1 Å². The number of fused-ring (bicyclic) bond motifs is 1. The molecule has 0 aliphatic carbocycles. The van der Waals surface area contributed by atoms with Crippen molar-refractivity contribution in [2.24, 2.45) is 0 Å². The lowest BCUT2D eigenvalue weighted by atomic mass is 10.2. The zero-order valence-electron chi connectivity index (χ0n) is 17.4. The fourth-order valence-electron chi connectivity index (χ4n) is 3.95. The molecule has 0 radical (unpaired) electrons. The molecule has 0 bridgehead atoms. The Morgan fingerprint density at radius 1 is 1.00 bits per heavy atom. The van der Waals surface area contributed by atoms with Gasteiger partial charge in [0.15, 0.2) is 0 Å². The number of hydrogen-bond donors (Lipinski definition) is 1. The molecule has 1 N–H and O–H groups in total. The van der Waals surface area contributed by atoms with Crippen molar-refractivity contribution in [3.8, 4) is 0 Å². The molecule has 0 atom stereocenters. The Morgan fingerprint density at radius 2 is 1.69 bits per heavy atom. The molecule has 3 aromatic rings. The van der Waals surface area contributed by atoms with Gasteiger partial charge in [-0.2, -0.15) is 0 Å². The van der Waals surface area contributed by atoms with Gasteiger partial charge < -0.3 is 14.8 Å². The van der Waals surface area contributed by atoms with E-state index in [0.29, 0.717) is 43.5 Å². The number of aromatic nitrogens is 2. The van der Waals surface area contributed by atoms with Crippen LogP contribution >= 0.6 is 0 Å². The van der Waals surface area contributed by atoms with Gasteiger partial charge in [-0.15, -0.1) is 0 Å². The van der Waals surface area contributed by atoms with E-state index in [4.69, 9.17) is 0 Å². The van der Waals surface area contributed by atoms with Crippen LogP contribution in [0.1, 0.15) is 12.8 Å². The summed E-state index contributed by atoms with van der Waals surface area (Å²) in [6.07, 6.45) is 0.638. The van der Waals surface area contributed by atoms with E-state index in [2.05, 4.69) is 9.88 Å². The van der Waals surface area contributed by atoms with Crippen molar-refractivity contribution >= 4 is 28.2 Å². The van der Waals surface area contributed by atoms with E-state index in [0.717, 1.165) is 10.3 Å². The molecule has 1 saturated heterocycles. The van der Waals surface area contributed by atoms with Crippen LogP contribution in [0.15, 0.2) is 58.1 Å². The monoisotopic (exact) mass is 437 g/mol. The zero-order valence-corrected chi connectivity index (χ0v) is 17.4. The summed E-state index contributed by atoms with van der Waals surface area (Å²) in [6.45, 7) is 2.53. The Morgan fingerprint density at radius 3 is 2.38 bits per heavy atom. The number of hydrogen-bond acceptors (Lipinski definition) is 6. The maximum absolute atomic E-state index is 12.6. The molecular weight excluding hydrogens is 414 g/mol. The van der Waals surface area contributed by atoms with Gasteiger partial charge in [-0.3, -0.25) is 24.3 Å². The van der Waals surface area contributed by atoms with Crippen LogP contribution in [-0.4, -0.2) is 51.5 Å². The lowest BCUT2D eigenvalue weighted by Crippen LogP contribution is -2.48. The fraction of sp³-hybridized carbons (Fsp3) is 0.318. The predicted octanol–water partition coefficient (Wildman–Crippen LogP) is 1.73. The number of rotatable bonds is 6. The van der Waals surface area contributed by atoms with Gasteiger partial charge in [-0.1, -0.05) is 12.1 Å². The Balaban J connectivity index is 1.30. The first kappa shape index (κ1) is 21.3. The number of H-pyrrole nitrogens is 1. The molecule has 0 saturated carbocycles. The molecule has 1 fully saturated rings. The second-order valence-corrected chi connectivity index (χ2v) is 7.68. The Kier molecular flexibility index (Phi) is 6.02. The smallest absolute Gasteiger partial charge is 0.328 e. The molecule has 4 rings (SSSR count). The molecule has 32 heavy (non-hydrogen) atoms. The summed E-state index contributed by atoms with van der Waals surface area (Å²) in [4.78, 5) is 54.3. The van der Waals surface area contributed by atoms with E-state index in [9.17, 15) is 24.5 Å². The maximum atomic E-state index is 12.6. The van der Waals surface area contributed by atoms with Crippen LogP contribution in [0.3, 0.4) is 0 Å². The number of carbonyl (C=O) groups excluding carboxylic acids is 1. The minimum absolute atomic E-state index is 0.0152. The van der Waals surface area contributed by atoms with Crippen LogP contribution in [-0.2, 0) is 11.3 Å². The van der Waals surface area contributed by atoms with Crippen LogP contribution in [0.2, 0.25) is 0 Å². The van der Waals surface area contributed by atoms with Gasteiger partial charge in [0.1, 0.15) is 0 Å². The first-order valence-electron chi connectivity index (χ1n) is 10.4. The van der Waals surface area contributed by atoms with E-state index < -0.39 is 10.6 Å². The molecule has 166 valence electrons. The van der Waals surface area contributed by atoms with Crippen LogP contribution in [0, 0.1) is 10.1 Å². The van der Waals surface area contributed by atoms with Crippen LogP contribution in [0.5, 0.6) is 0 Å². The maximum Gasteiger partial charge on any atom is 0.328 e. The van der Waals surface area contributed by atoms with E-state index in [-0.39, 0.29) is 30.1 Å². The van der Waals surface area contributed by atoms with E-state index in [1.54, 1.807) is 41.3 Å². The van der Waals surface area contributed by atoms with E-state index in [1.165, 1.54) is 12.1 Å². The van der Waals surface area contributed by atoms with Gasteiger partial charge in [-0.05, 0) is 30.7 Å². The number of non-ortho nitro benzene ring substituents is 1. The summed E-state index contributed by atoms with van der Waals surface area (Å²) in [6, 6.07) is 13.2. The number of anilines is 1. The Labute approximate surface area is 182 Å². The summed E-state index contributed by atoms with van der Waals surface area (Å²) < 4.78 is 1.14. The molecule has 2 aromatic carbocycles. The van der Waals surface area contributed by atoms with Gasteiger partial charge in [0.05, 0.1) is 15.8 Å². The van der Waals surface area contributed by atoms with Crippen molar-refractivity contribution in [2.45, 2.75) is 19.4 Å². The van der Waals surface area contributed by atoms with Gasteiger partial charge >= 0.3 is 5.69 Å². The Hall–Kier alpha value is -3.95. The van der Waals surface area contributed by atoms with Gasteiger partial charge in [-0.25, -0.2) is 4.79 Å². The normalized spacial score (nSPS) is 14.0. The number of nitrogens with zero attached hydrogens (tertiary/aromatic N) is 4. The average molecular weight is 437 g/mol. The number of benzene rings is 2. The van der Waals surface area contributed by atoms with Crippen molar-refractivity contribution in [3.05, 3.63) is 79.5 Å². The van der Waals surface area contributed by atoms with Crippen molar-refractivity contribution < 1.29 is 9.72 Å². The molecule has 0 unspecified atom stereocenters. The third kappa shape index (κ3) is 4.39. The third-order valence-electron chi connectivity index (χ3n) is 5.72. The molecule has 2 heterocycles. The number of piperazine rings is 1. The number of amides is 1. The fourth-order valence-corrected chi connectivity index (χ4v) is 3.95. The second kappa shape index (κ2) is 9.04. The lowest BCUT2D eigenvalue weighted by molar-refractivity contribution is -0.384. The number of aromatic amines is 1. The summed E-state index contributed by atoms with van der Waals surface area (Å²) >= 11 is 0. The zero-order chi connectivity index (χ0) is 22.7. The summed E-state index contributed by atoms with van der Waals surface area (Å²) in [5.41, 5.74) is 0.608. The molecule has 1 amide bonds. The van der Waals surface area contributed by atoms with Gasteiger partial charge in [0, 0.05) is 57.0 Å². The molecule has 10 heteroatoms. The SMILES string of the molecule is O=C(CCCn1c(=O)[nH]c2ccccc2c1=O)N1CCN(c2ccc([N+](=O)[O-])cc2)CC1. The van der Waals surface area contributed by atoms with Crippen molar-refractivity contribution in [1.29, 1.82) is 0 Å². The van der Waals surface area contributed by atoms with Crippen LogP contribution in [0.25, 0.3) is 10.9 Å². The highest BCUT2D eigenvalue weighted by atomic mass is 16.6. The topological polar surface area (TPSA) is 122 Å². The van der Waals surface area contributed by atoms with Crippen molar-refractivity contribution in [3.63, 3.8) is 0 Å². The summed E-state index contributed by atoms with van der Waals surface area (Å²) in [5.74, 6) is -0.0152. The number of carbonyl (C=O) groups is 1. The highest BCUT2D eigenvalue weighted by molar-refractivity contribution is 5.77. The lowest BCUT2D eigenvalue weighted by Gasteiger charge is -2.36. The average Bonchev–Trinajstić information content (AvgIpc) is 2.81. The van der Waals surface area contributed by atoms with Crippen molar-refractivity contribution in [2.75, 3.05) is 31.1 Å². The van der Waals surface area contributed by atoms with Gasteiger partial charge in [0.25, 0.3) is 11.2 Å². The highest BCUT2D eigenvalue weighted by Gasteiger charge is 2.21. The third-order valence-corrected chi connectivity index (χ3v) is 5.72. The molecular formula is C22H23N5O5. The number of nitro benzene ring substituents is 1. The molecule has 1 aliphatic heterocycles. The second-order valence-electron chi connectivity index (χ2n) is 7.68. The standard InChI is InChI=1S/C22H23N5O5/c28-20(6-3-11-26-21(29)18-4-1-2-5-19(18)23-22(26)30)25-14-12-24(13-15-25)16-7-9-17(10-8-16)27(31)32/h1-2,4-5,7-10H,3,6,11-15H2,(H,23,30). The quantitative estimate of drug-likeness (QED) is 0.463.